The molecule has 4 rings (SSSR count). The highest BCUT2D eigenvalue weighted by molar-refractivity contribution is 5.94. The van der Waals surface area contributed by atoms with E-state index >= 15 is 0 Å². The molecular formula is C24H24F5N5O3. The number of aromatic carboxylic acids is 1. The molecule has 0 aliphatic carbocycles. The van der Waals surface area contributed by atoms with E-state index in [0.29, 0.717) is 5.56 Å². The maximum Gasteiger partial charge on any atom is 0.401 e. The summed E-state index contributed by atoms with van der Waals surface area (Å²) in [5, 5.41) is 12.2. The monoisotopic (exact) mass is 525 g/mol. The molecule has 1 aromatic heterocycles. The predicted octanol–water partition coefficient (Wildman–Crippen LogP) is 3.25. The van der Waals surface area contributed by atoms with Crippen LogP contribution >= 0.6 is 0 Å². The molecule has 0 bridgehead atoms. The number of rotatable bonds is 7. The van der Waals surface area contributed by atoms with Gasteiger partial charge in [0.15, 0.2) is 0 Å². The summed E-state index contributed by atoms with van der Waals surface area (Å²) in [5.41, 5.74) is 0.0461. The topological polar surface area (TPSA) is 90.7 Å². The van der Waals surface area contributed by atoms with Gasteiger partial charge in [-0.2, -0.15) is 13.2 Å². The molecule has 1 aliphatic rings. The lowest BCUT2D eigenvalue weighted by atomic mass is 10.1. The second kappa shape index (κ2) is 10.3. The van der Waals surface area contributed by atoms with Crippen molar-refractivity contribution in [2.24, 2.45) is 7.05 Å². The van der Waals surface area contributed by atoms with Crippen molar-refractivity contribution in [3.05, 3.63) is 63.4 Å². The summed E-state index contributed by atoms with van der Waals surface area (Å²) in [6.07, 6.45) is -4.15. The number of hydrogen-bond acceptors (Lipinski definition) is 6. The first-order valence-corrected chi connectivity index (χ1v) is 11.4. The van der Waals surface area contributed by atoms with Crippen LogP contribution in [0.25, 0.3) is 10.9 Å². The molecule has 0 saturated carbocycles. The number of aromatic nitrogens is 2. The van der Waals surface area contributed by atoms with E-state index < -0.39 is 35.9 Å². The van der Waals surface area contributed by atoms with Crippen molar-refractivity contribution in [3.63, 3.8) is 0 Å². The summed E-state index contributed by atoms with van der Waals surface area (Å²) in [6, 6.07) is 5.58. The van der Waals surface area contributed by atoms with Gasteiger partial charge in [0.2, 0.25) is 5.95 Å². The normalized spacial score (nSPS) is 14.8. The molecule has 2 N–H and O–H groups in total. The number of carboxylic acids is 1. The Morgan fingerprint density at radius 2 is 1.78 bits per heavy atom. The van der Waals surface area contributed by atoms with E-state index in [1.165, 1.54) is 28.6 Å². The number of benzene rings is 2. The van der Waals surface area contributed by atoms with Crippen LogP contribution < -0.4 is 15.8 Å². The lowest BCUT2D eigenvalue weighted by Gasteiger charge is -2.36. The van der Waals surface area contributed by atoms with Gasteiger partial charge in [-0.3, -0.25) is 14.3 Å². The van der Waals surface area contributed by atoms with Crippen LogP contribution in [-0.2, 0) is 13.5 Å². The van der Waals surface area contributed by atoms with Crippen LogP contribution in [0.15, 0.2) is 35.1 Å². The van der Waals surface area contributed by atoms with Gasteiger partial charge in [-0.1, -0.05) is 0 Å². The molecule has 1 fully saturated rings. The van der Waals surface area contributed by atoms with Crippen molar-refractivity contribution in [1.29, 1.82) is 0 Å². The summed E-state index contributed by atoms with van der Waals surface area (Å²) in [7, 11) is 1.47. The van der Waals surface area contributed by atoms with E-state index in [1.807, 2.05) is 0 Å². The van der Waals surface area contributed by atoms with Crippen molar-refractivity contribution in [3.8, 4) is 0 Å². The number of piperazine rings is 1. The molecule has 3 aromatic rings. The standard InChI is InChI=1S/C24H24F5N5O3/c1-32-21(35)18-12-16(26)10-14(4-5-30-19-3-2-15(25)11-17(19)22(36)37)20(18)31-23(32)34-8-6-33(7-9-34)13-24(27,28)29/h2-3,10-12,30H,4-9,13H2,1H3,(H,36,37). The Morgan fingerprint density at radius 3 is 2.43 bits per heavy atom. The molecular weight excluding hydrogens is 501 g/mol. The van der Waals surface area contributed by atoms with Crippen molar-refractivity contribution < 1.29 is 31.9 Å². The first kappa shape index (κ1) is 26.3. The number of carboxylic acid groups (broad SMARTS) is 1. The zero-order chi connectivity index (χ0) is 26.9. The van der Waals surface area contributed by atoms with Crippen LogP contribution in [0.2, 0.25) is 0 Å². The van der Waals surface area contributed by atoms with Crippen molar-refractivity contribution in [2.45, 2.75) is 12.6 Å². The number of hydrogen-bond donors (Lipinski definition) is 2. The minimum Gasteiger partial charge on any atom is -0.478 e. The number of alkyl halides is 3. The van der Waals surface area contributed by atoms with Gasteiger partial charge in [0.05, 0.1) is 23.0 Å². The third kappa shape index (κ3) is 5.98. The predicted molar refractivity (Wildman–Crippen MR) is 127 cm³/mol. The van der Waals surface area contributed by atoms with Crippen molar-refractivity contribution in [2.75, 3.05) is 49.5 Å². The smallest absolute Gasteiger partial charge is 0.401 e. The van der Waals surface area contributed by atoms with Crippen LogP contribution in [0.3, 0.4) is 0 Å². The highest BCUT2D eigenvalue weighted by atomic mass is 19.4. The van der Waals surface area contributed by atoms with Gasteiger partial charge >= 0.3 is 12.1 Å². The highest BCUT2D eigenvalue weighted by Gasteiger charge is 2.32. The Bertz CT molecular complexity index is 1380. The Labute approximate surface area is 207 Å². The van der Waals surface area contributed by atoms with E-state index in [-0.39, 0.29) is 67.2 Å². The van der Waals surface area contributed by atoms with Crippen LogP contribution in [0, 0.1) is 11.6 Å². The summed E-state index contributed by atoms with van der Waals surface area (Å²) >= 11 is 0. The van der Waals surface area contributed by atoms with Crippen molar-refractivity contribution in [1.82, 2.24) is 14.5 Å². The van der Waals surface area contributed by atoms with Gasteiger partial charge in [-0.05, 0) is 42.3 Å². The fourth-order valence-electron chi connectivity index (χ4n) is 4.41. The Hall–Kier alpha value is -3.74. The maximum atomic E-state index is 14.4. The van der Waals surface area contributed by atoms with Crippen LogP contribution in [0.1, 0.15) is 15.9 Å². The fourth-order valence-corrected chi connectivity index (χ4v) is 4.41. The SMILES string of the molecule is Cn1c(N2CCN(CC(F)(F)F)CC2)nc2c(CCNc3ccc(F)cc3C(=O)O)cc(F)cc2c1=O. The fraction of sp³-hybridized carbons (Fsp3) is 0.375. The number of fused-ring (bicyclic) bond motifs is 1. The Morgan fingerprint density at radius 1 is 1.08 bits per heavy atom. The average Bonchev–Trinajstić information content (AvgIpc) is 2.82. The van der Waals surface area contributed by atoms with E-state index in [2.05, 4.69) is 10.3 Å². The van der Waals surface area contributed by atoms with E-state index in [9.17, 15) is 36.6 Å². The molecule has 8 nitrogen and oxygen atoms in total. The van der Waals surface area contributed by atoms with Gasteiger partial charge < -0.3 is 15.3 Å². The lowest BCUT2D eigenvalue weighted by molar-refractivity contribution is -0.146. The maximum absolute atomic E-state index is 14.4. The van der Waals surface area contributed by atoms with Crippen LogP contribution in [0.4, 0.5) is 33.6 Å². The molecule has 0 atom stereocenters. The van der Waals surface area contributed by atoms with E-state index in [4.69, 9.17) is 0 Å². The molecule has 0 amide bonds. The molecule has 198 valence electrons. The largest absolute Gasteiger partial charge is 0.478 e. The molecule has 1 saturated heterocycles. The minimum atomic E-state index is -4.30. The minimum absolute atomic E-state index is 0.0463. The van der Waals surface area contributed by atoms with Crippen molar-refractivity contribution >= 4 is 28.5 Å². The molecule has 1 aliphatic heterocycles. The molecule has 2 heterocycles. The second-order valence-corrected chi connectivity index (χ2v) is 8.79. The van der Waals surface area contributed by atoms with Crippen LogP contribution in [-0.4, -0.2) is 71.0 Å². The summed E-state index contributed by atoms with van der Waals surface area (Å²) in [6.45, 7) is -0.162. The zero-order valence-corrected chi connectivity index (χ0v) is 19.8. The number of nitrogens with one attached hydrogen (secondary N) is 1. The number of carbonyl (C=O) groups is 1. The lowest BCUT2D eigenvalue weighted by Crippen LogP contribution is -2.50. The van der Waals surface area contributed by atoms with E-state index in [0.717, 1.165) is 18.2 Å². The third-order valence-electron chi connectivity index (χ3n) is 6.18. The van der Waals surface area contributed by atoms with Gasteiger partial charge in [-0.15, -0.1) is 0 Å². The molecule has 0 unspecified atom stereocenters. The van der Waals surface area contributed by atoms with Gasteiger partial charge in [-0.25, -0.2) is 18.6 Å². The van der Waals surface area contributed by atoms with E-state index in [1.54, 1.807) is 4.90 Å². The summed E-state index contributed by atoms with van der Waals surface area (Å²) in [4.78, 5) is 32.0. The molecule has 0 radical (unpaired) electrons. The third-order valence-corrected chi connectivity index (χ3v) is 6.18. The first-order valence-electron chi connectivity index (χ1n) is 11.4. The quantitative estimate of drug-likeness (QED) is 0.458. The summed E-state index contributed by atoms with van der Waals surface area (Å²) in [5.74, 6) is -2.41. The average molecular weight is 525 g/mol. The molecule has 37 heavy (non-hydrogen) atoms. The Balaban J connectivity index is 1.59. The molecule has 0 spiro atoms. The first-order chi connectivity index (χ1) is 17.4. The molecule has 13 heteroatoms. The second-order valence-electron chi connectivity index (χ2n) is 8.79. The number of nitrogens with zero attached hydrogens (tertiary/aromatic N) is 4. The van der Waals surface area contributed by atoms with Gasteiger partial charge in [0.1, 0.15) is 11.6 Å². The number of anilines is 2. The zero-order valence-electron chi connectivity index (χ0n) is 19.8. The number of halogens is 5. The summed E-state index contributed by atoms with van der Waals surface area (Å²) < 4.78 is 67.2. The van der Waals surface area contributed by atoms with Gasteiger partial charge in [0.25, 0.3) is 5.56 Å². The molecule has 2 aromatic carbocycles. The highest BCUT2D eigenvalue weighted by Crippen LogP contribution is 2.23. The van der Waals surface area contributed by atoms with Gasteiger partial charge in [0, 0.05) is 45.5 Å². The van der Waals surface area contributed by atoms with Crippen LogP contribution in [0.5, 0.6) is 0 Å². The Kier molecular flexibility index (Phi) is 7.35.